The molecule has 1 aliphatic rings. The van der Waals surface area contributed by atoms with Gasteiger partial charge in [-0.05, 0) is 45.4 Å². The summed E-state index contributed by atoms with van der Waals surface area (Å²) < 4.78 is 16.1. The van der Waals surface area contributed by atoms with Crippen molar-refractivity contribution in [2.75, 3.05) is 20.3 Å². The Hall–Kier alpha value is -4.25. The Morgan fingerprint density at radius 1 is 1.12 bits per heavy atom. The molecule has 2 aromatic carbocycles. The SMILES string of the molecule is CCOC(=O)C1=C(C)NC(C)(c2ccccc2)C(C(=O)OCC)C1c1nc(-c2ccc(OC)c([N+](=O)[O-])c2)cs1. The highest BCUT2D eigenvalue weighted by Gasteiger charge is 2.54. The van der Waals surface area contributed by atoms with E-state index in [-0.39, 0.29) is 30.2 Å². The molecule has 0 saturated heterocycles. The quantitative estimate of drug-likeness (QED) is 0.207. The molecule has 4 rings (SSSR count). The molecule has 1 N–H and O–H groups in total. The second kappa shape index (κ2) is 11.9. The van der Waals surface area contributed by atoms with Gasteiger partial charge in [0.25, 0.3) is 0 Å². The van der Waals surface area contributed by atoms with Crippen LogP contribution in [-0.4, -0.2) is 42.2 Å². The Kier molecular flexibility index (Phi) is 8.53. The topological polar surface area (TPSA) is 130 Å². The first kappa shape index (κ1) is 28.8. The molecule has 3 unspecified atom stereocenters. The lowest BCUT2D eigenvalue weighted by Crippen LogP contribution is -2.55. The van der Waals surface area contributed by atoms with Gasteiger partial charge in [0.05, 0.1) is 53.9 Å². The molecule has 0 bridgehead atoms. The van der Waals surface area contributed by atoms with Crippen molar-refractivity contribution in [2.24, 2.45) is 5.92 Å². The molecular weight excluding hydrogens is 534 g/mol. The van der Waals surface area contributed by atoms with Crippen LogP contribution in [0.2, 0.25) is 0 Å². The first-order chi connectivity index (χ1) is 19.2. The van der Waals surface area contributed by atoms with Crippen molar-refractivity contribution in [2.45, 2.75) is 39.2 Å². The summed E-state index contributed by atoms with van der Waals surface area (Å²) >= 11 is 1.26. The minimum absolute atomic E-state index is 0.131. The van der Waals surface area contributed by atoms with Crippen molar-refractivity contribution >= 4 is 29.0 Å². The van der Waals surface area contributed by atoms with Crippen LogP contribution >= 0.6 is 11.3 Å². The number of nitrogens with zero attached hydrogens (tertiary/aromatic N) is 2. The molecule has 1 aliphatic heterocycles. The first-order valence-electron chi connectivity index (χ1n) is 12.8. The average molecular weight is 566 g/mol. The molecule has 210 valence electrons. The number of hydrogen-bond donors (Lipinski definition) is 1. The van der Waals surface area contributed by atoms with Crippen LogP contribution < -0.4 is 10.1 Å². The molecule has 11 heteroatoms. The predicted octanol–water partition coefficient (Wildman–Crippen LogP) is 5.35. The average Bonchev–Trinajstić information content (AvgIpc) is 3.43. The van der Waals surface area contributed by atoms with Crippen molar-refractivity contribution in [1.29, 1.82) is 0 Å². The zero-order valence-corrected chi connectivity index (χ0v) is 23.7. The van der Waals surface area contributed by atoms with Gasteiger partial charge in [0.1, 0.15) is 5.01 Å². The number of rotatable bonds is 9. The first-order valence-corrected chi connectivity index (χ1v) is 13.7. The fourth-order valence-electron chi connectivity index (χ4n) is 5.22. The molecule has 0 aliphatic carbocycles. The summed E-state index contributed by atoms with van der Waals surface area (Å²) in [5.41, 5.74) is 1.50. The highest BCUT2D eigenvalue weighted by Crippen LogP contribution is 2.49. The number of allylic oxidation sites excluding steroid dienone is 1. The number of benzene rings is 2. The normalized spacial score (nSPS) is 20.4. The van der Waals surface area contributed by atoms with Crippen LogP contribution in [-0.2, 0) is 24.6 Å². The van der Waals surface area contributed by atoms with Crippen LogP contribution in [0.3, 0.4) is 0 Å². The standard InChI is InChI=1S/C29H31N3O7S/c1-6-38-27(33)23-17(3)31-29(4,19-11-9-8-10-12-19)25(28(34)39-7-2)24(23)26-30-20(16-40-26)18-13-14-22(37-5)21(15-18)32(35)36/h8-16,24-25,31H,6-7H2,1-5H3. The Labute approximate surface area is 236 Å². The second-order valence-corrected chi connectivity index (χ2v) is 10.3. The predicted molar refractivity (Wildman–Crippen MR) is 150 cm³/mol. The third-order valence-electron chi connectivity index (χ3n) is 6.99. The lowest BCUT2D eigenvalue weighted by molar-refractivity contribution is -0.385. The van der Waals surface area contributed by atoms with Crippen LogP contribution in [0.15, 0.2) is 65.2 Å². The number of ether oxygens (including phenoxy) is 3. The summed E-state index contributed by atoms with van der Waals surface area (Å²) in [5, 5.41) is 17.3. The van der Waals surface area contributed by atoms with Crippen LogP contribution in [0.5, 0.6) is 5.75 Å². The van der Waals surface area contributed by atoms with Gasteiger partial charge < -0.3 is 19.5 Å². The van der Waals surface area contributed by atoms with Crippen molar-refractivity contribution in [3.05, 3.63) is 85.9 Å². The molecule has 2 heterocycles. The molecular formula is C29H31N3O7S. The van der Waals surface area contributed by atoms with E-state index in [0.717, 1.165) is 5.56 Å². The maximum Gasteiger partial charge on any atom is 0.336 e. The van der Waals surface area contributed by atoms with Crippen LogP contribution in [0, 0.1) is 16.0 Å². The van der Waals surface area contributed by atoms with E-state index in [2.05, 4.69) is 5.32 Å². The number of thiazole rings is 1. The van der Waals surface area contributed by atoms with Gasteiger partial charge in [-0.3, -0.25) is 14.9 Å². The summed E-state index contributed by atoms with van der Waals surface area (Å²) in [6, 6.07) is 14.1. The molecule has 0 spiro atoms. The third kappa shape index (κ3) is 5.29. The Morgan fingerprint density at radius 2 is 1.82 bits per heavy atom. The summed E-state index contributed by atoms with van der Waals surface area (Å²) in [6.07, 6.45) is 0. The molecule has 0 saturated carbocycles. The Bertz CT molecular complexity index is 1450. The maximum absolute atomic E-state index is 13.7. The number of nitro benzene ring substituents is 1. The number of carbonyl (C=O) groups excluding carboxylic acids is 2. The maximum atomic E-state index is 13.7. The van der Waals surface area contributed by atoms with E-state index >= 15 is 0 Å². The highest BCUT2D eigenvalue weighted by molar-refractivity contribution is 7.10. The Morgan fingerprint density at radius 3 is 2.45 bits per heavy atom. The van der Waals surface area contributed by atoms with Crippen molar-refractivity contribution < 1.29 is 28.7 Å². The fraction of sp³-hybridized carbons (Fsp3) is 0.345. The number of aromatic nitrogens is 1. The monoisotopic (exact) mass is 565 g/mol. The molecule has 0 radical (unpaired) electrons. The van der Waals surface area contributed by atoms with E-state index in [1.54, 1.807) is 32.2 Å². The smallest absolute Gasteiger partial charge is 0.336 e. The van der Waals surface area contributed by atoms with Gasteiger partial charge in [-0.15, -0.1) is 11.3 Å². The second-order valence-electron chi connectivity index (χ2n) is 9.37. The summed E-state index contributed by atoms with van der Waals surface area (Å²) in [7, 11) is 1.37. The Balaban J connectivity index is 1.92. The van der Waals surface area contributed by atoms with Gasteiger partial charge in [0, 0.05) is 22.7 Å². The molecule has 3 aromatic rings. The van der Waals surface area contributed by atoms with Gasteiger partial charge in [0.15, 0.2) is 5.75 Å². The van der Waals surface area contributed by atoms with Crippen LogP contribution in [0.4, 0.5) is 5.69 Å². The van der Waals surface area contributed by atoms with E-state index in [0.29, 0.717) is 22.0 Å². The number of nitro groups is 1. The van der Waals surface area contributed by atoms with Gasteiger partial charge in [-0.25, -0.2) is 9.78 Å². The highest BCUT2D eigenvalue weighted by atomic mass is 32.1. The minimum atomic E-state index is -0.955. The molecule has 40 heavy (non-hydrogen) atoms. The van der Waals surface area contributed by atoms with E-state index in [9.17, 15) is 19.7 Å². The summed E-state index contributed by atoms with van der Waals surface area (Å²) in [6.45, 7) is 7.44. The lowest BCUT2D eigenvalue weighted by atomic mass is 9.67. The molecule has 0 amide bonds. The number of carbonyl (C=O) groups is 2. The zero-order valence-electron chi connectivity index (χ0n) is 22.9. The largest absolute Gasteiger partial charge is 0.490 e. The summed E-state index contributed by atoms with van der Waals surface area (Å²) in [4.78, 5) is 43.0. The number of nitrogens with one attached hydrogen (secondary N) is 1. The van der Waals surface area contributed by atoms with Crippen LogP contribution in [0.1, 0.15) is 44.2 Å². The van der Waals surface area contributed by atoms with Crippen LogP contribution in [0.25, 0.3) is 11.3 Å². The van der Waals surface area contributed by atoms with Crippen molar-refractivity contribution in [3.8, 4) is 17.0 Å². The van der Waals surface area contributed by atoms with Gasteiger partial charge in [-0.2, -0.15) is 0 Å². The van der Waals surface area contributed by atoms with Gasteiger partial charge in [0.2, 0.25) is 0 Å². The van der Waals surface area contributed by atoms with Gasteiger partial charge >= 0.3 is 17.6 Å². The minimum Gasteiger partial charge on any atom is -0.490 e. The van der Waals surface area contributed by atoms with E-state index in [4.69, 9.17) is 19.2 Å². The number of esters is 2. The summed E-state index contributed by atoms with van der Waals surface area (Å²) in [5.74, 6) is -2.61. The van der Waals surface area contributed by atoms with Crippen molar-refractivity contribution in [3.63, 3.8) is 0 Å². The fourth-order valence-corrected chi connectivity index (χ4v) is 6.19. The van der Waals surface area contributed by atoms with Gasteiger partial charge in [-0.1, -0.05) is 30.3 Å². The van der Waals surface area contributed by atoms with E-state index < -0.39 is 34.2 Å². The van der Waals surface area contributed by atoms with Crippen molar-refractivity contribution in [1.82, 2.24) is 10.3 Å². The zero-order chi connectivity index (χ0) is 29.0. The molecule has 1 aromatic heterocycles. The molecule has 10 nitrogen and oxygen atoms in total. The number of methoxy groups -OCH3 is 1. The van der Waals surface area contributed by atoms with E-state index in [1.165, 1.54) is 30.6 Å². The van der Waals surface area contributed by atoms with E-state index in [1.807, 2.05) is 37.3 Å². The lowest BCUT2D eigenvalue weighted by Gasteiger charge is -2.46. The number of hydrogen-bond acceptors (Lipinski definition) is 10. The molecule has 0 fully saturated rings. The molecule has 3 atom stereocenters. The third-order valence-corrected chi connectivity index (χ3v) is 7.91.